The predicted octanol–water partition coefficient (Wildman–Crippen LogP) is 2.43. The molecule has 1 aliphatic rings. The van der Waals surface area contributed by atoms with Gasteiger partial charge in [0.05, 0.1) is 5.69 Å². The number of carbonyl (C=O) groups is 3. The molecule has 7 nitrogen and oxygen atoms in total. The molecule has 2 rings (SSSR count). The highest BCUT2D eigenvalue weighted by atomic mass is 16.5. The number of anilines is 1. The van der Waals surface area contributed by atoms with Crippen LogP contribution in [0.25, 0.3) is 0 Å². The minimum absolute atomic E-state index is 0.1000. The number of nitrogens with one attached hydrogen (secondary N) is 3. The van der Waals surface area contributed by atoms with Crippen molar-refractivity contribution in [3.05, 3.63) is 24.3 Å². The molecule has 7 heteroatoms. The molecule has 25 heavy (non-hydrogen) atoms. The van der Waals surface area contributed by atoms with Crippen molar-refractivity contribution in [2.24, 2.45) is 5.92 Å². The van der Waals surface area contributed by atoms with Crippen LogP contribution < -0.4 is 20.7 Å². The zero-order valence-corrected chi connectivity index (χ0v) is 14.6. The predicted molar refractivity (Wildman–Crippen MR) is 94.3 cm³/mol. The third kappa shape index (κ3) is 6.10. The second-order valence-corrected chi connectivity index (χ2v) is 6.36. The SMILES string of the molecule is CC(=O)Nc1ccccc1OCC(=O)NC(=O)N[C@@H]1CCCC[C@H]1C. The topological polar surface area (TPSA) is 96.5 Å². The number of hydrogen-bond donors (Lipinski definition) is 3. The Morgan fingerprint density at radius 3 is 2.60 bits per heavy atom. The van der Waals surface area contributed by atoms with Crippen LogP contribution in [0.3, 0.4) is 0 Å². The Balaban J connectivity index is 1.80. The quantitative estimate of drug-likeness (QED) is 0.762. The van der Waals surface area contributed by atoms with Crippen molar-refractivity contribution in [3.63, 3.8) is 0 Å². The van der Waals surface area contributed by atoms with Crippen LogP contribution in [0, 0.1) is 5.92 Å². The third-order valence-electron chi connectivity index (χ3n) is 4.24. The molecule has 4 amide bonds. The highest BCUT2D eigenvalue weighted by Gasteiger charge is 2.23. The maximum absolute atomic E-state index is 11.9. The van der Waals surface area contributed by atoms with E-state index in [-0.39, 0.29) is 18.6 Å². The smallest absolute Gasteiger partial charge is 0.321 e. The highest BCUT2D eigenvalue weighted by Crippen LogP contribution is 2.24. The Morgan fingerprint density at radius 2 is 1.88 bits per heavy atom. The van der Waals surface area contributed by atoms with Crippen LogP contribution in [-0.4, -0.2) is 30.5 Å². The summed E-state index contributed by atoms with van der Waals surface area (Å²) < 4.78 is 5.41. The molecule has 1 aromatic rings. The van der Waals surface area contributed by atoms with E-state index in [0.717, 1.165) is 19.3 Å². The maximum Gasteiger partial charge on any atom is 0.321 e. The molecule has 1 aliphatic carbocycles. The fourth-order valence-corrected chi connectivity index (χ4v) is 2.93. The zero-order chi connectivity index (χ0) is 18.2. The molecule has 1 aromatic carbocycles. The first-order valence-corrected chi connectivity index (χ1v) is 8.55. The van der Waals surface area contributed by atoms with Crippen LogP contribution in [0.15, 0.2) is 24.3 Å². The minimum Gasteiger partial charge on any atom is -0.482 e. The normalized spacial score (nSPS) is 19.6. The second kappa shape index (κ2) is 9.05. The number of carbonyl (C=O) groups excluding carboxylic acids is 3. The molecule has 0 saturated heterocycles. The zero-order valence-electron chi connectivity index (χ0n) is 14.6. The van der Waals surface area contributed by atoms with Crippen LogP contribution >= 0.6 is 0 Å². The molecule has 0 heterocycles. The number of hydrogen-bond acceptors (Lipinski definition) is 4. The molecule has 3 N–H and O–H groups in total. The summed E-state index contributed by atoms with van der Waals surface area (Å²) in [5, 5.41) is 7.75. The number of amides is 4. The lowest BCUT2D eigenvalue weighted by molar-refractivity contribution is -0.122. The van der Waals surface area contributed by atoms with E-state index >= 15 is 0 Å². The lowest BCUT2D eigenvalue weighted by atomic mass is 9.86. The summed E-state index contributed by atoms with van der Waals surface area (Å²) in [5.74, 6) is 0.00427. The first-order chi connectivity index (χ1) is 12.0. The van der Waals surface area contributed by atoms with E-state index in [9.17, 15) is 14.4 Å². The molecule has 0 radical (unpaired) electrons. The molecule has 0 bridgehead atoms. The summed E-state index contributed by atoms with van der Waals surface area (Å²) in [6.07, 6.45) is 4.29. The maximum atomic E-state index is 11.9. The van der Waals surface area contributed by atoms with Crippen LogP contribution in [-0.2, 0) is 9.59 Å². The molecule has 1 saturated carbocycles. The fourth-order valence-electron chi connectivity index (χ4n) is 2.93. The van der Waals surface area contributed by atoms with Crippen molar-refractivity contribution in [2.75, 3.05) is 11.9 Å². The van der Waals surface area contributed by atoms with Gasteiger partial charge >= 0.3 is 6.03 Å². The molecule has 0 aromatic heterocycles. The summed E-state index contributed by atoms with van der Waals surface area (Å²) in [6, 6.07) is 6.39. The number of rotatable bonds is 5. The van der Waals surface area contributed by atoms with E-state index in [1.165, 1.54) is 13.3 Å². The second-order valence-electron chi connectivity index (χ2n) is 6.36. The van der Waals surface area contributed by atoms with E-state index in [1.807, 2.05) is 0 Å². The van der Waals surface area contributed by atoms with Gasteiger partial charge in [-0.3, -0.25) is 14.9 Å². The molecule has 2 atom stereocenters. The molecular formula is C18H25N3O4. The Hall–Kier alpha value is -2.57. The minimum atomic E-state index is -0.543. The lowest BCUT2D eigenvalue weighted by Gasteiger charge is -2.29. The van der Waals surface area contributed by atoms with Crippen LogP contribution in [0.2, 0.25) is 0 Å². The van der Waals surface area contributed by atoms with E-state index < -0.39 is 11.9 Å². The van der Waals surface area contributed by atoms with Gasteiger partial charge < -0.3 is 15.4 Å². The Labute approximate surface area is 147 Å². The standard InChI is InChI=1S/C18H25N3O4/c1-12-7-3-4-8-14(12)20-18(24)21-17(23)11-25-16-10-6-5-9-15(16)19-13(2)22/h5-6,9-10,12,14H,3-4,7-8,11H2,1-2H3,(H,19,22)(H2,20,21,23,24)/t12-,14-/m1/s1. The number of ether oxygens (including phenoxy) is 1. The molecule has 136 valence electrons. The number of benzene rings is 1. The van der Waals surface area contributed by atoms with E-state index in [0.29, 0.717) is 17.4 Å². The van der Waals surface area contributed by atoms with Gasteiger partial charge in [0.2, 0.25) is 5.91 Å². The van der Waals surface area contributed by atoms with Gasteiger partial charge in [0.1, 0.15) is 5.75 Å². The average molecular weight is 347 g/mol. The van der Waals surface area contributed by atoms with E-state index in [4.69, 9.17) is 4.74 Å². The van der Waals surface area contributed by atoms with Gasteiger partial charge in [-0.25, -0.2) is 4.79 Å². The average Bonchev–Trinajstić information content (AvgIpc) is 2.55. The van der Waals surface area contributed by atoms with Gasteiger partial charge in [-0.1, -0.05) is 31.9 Å². The monoisotopic (exact) mass is 347 g/mol. The van der Waals surface area contributed by atoms with Gasteiger partial charge in [0.15, 0.2) is 6.61 Å². The lowest BCUT2D eigenvalue weighted by Crippen LogP contribution is -2.48. The number of para-hydroxylation sites is 2. The van der Waals surface area contributed by atoms with Gasteiger partial charge in [-0.2, -0.15) is 0 Å². The molecule has 1 fully saturated rings. The van der Waals surface area contributed by atoms with Gasteiger partial charge in [0, 0.05) is 13.0 Å². The summed E-state index contributed by atoms with van der Waals surface area (Å²) in [4.78, 5) is 35.0. The summed E-state index contributed by atoms with van der Waals surface area (Å²) in [7, 11) is 0. The van der Waals surface area contributed by atoms with Gasteiger partial charge in [-0.15, -0.1) is 0 Å². The Bertz CT molecular complexity index is 633. The van der Waals surface area contributed by atoms with Gasteiger partial charge in [-0.05, 0) is 30.9 Å². The van der Waals surface area contributed by atoms with Crippen LogP contribution in [0.4, 0.5) is 10.5 Å². The van der Waals surface area contributed by atoms with Crippen molar-refractivity contribution in [2.45, 2.75) is 45.6 Å². The number of urea groups is 1. The molecule has 0 unspecified atom stereocenters. The first kappa shape index (κ1) is 18.8. The van der Waals surface area contributed by atoms with Gasteiger partial charge in [0.25, 0.3) is 5.91 Å². The molecule has 0 spiro atoms. The van der Waals surface area contributed by atoms with Crippen LogP contribution in [0.5, 0.6) is 5.75 Å². The van der Waals surface area contributed by atoms with Crippen molar-refractivity contribution in [3.8, 4) is 5.75 Å². The first-order valence-electron chi connectivity index (χ1n) is 8.55. The Kier molecular flexibility index (Phi) is 6.80. The van der Waals surface area contributed by atoms with Crippen molar-refractivity contribution >= 4 is 23.5 Å². The van der Waals surface area contributed by atoms with E-state index in [1.54, 1.807) is 24.3 Å². The summed E-state index contributed by atoms with van der Waals surface area (Å²) in [6.45, 7) is 3.18. The number of imide groups is 1. The summed E-state index contributed by atoms with van der Waals surface area (Å²) >= 11 is 0. The van der Waals surface area contributed by atoms with E-state index in [2.05, 4.69) is 22.9 Å². The Morgan fingerprint density at radius 1 is 1.16 bits per heavy atom. The van der Waals surface area contributed by atoms with Crippen molar-refractivity contribution in [1.82, 2.24) is 10.6 Å². The van der Waals surface area contributed by atoms with Crippen LogP contribution in [0.1, 0.15) is 39.5 Å². The fraction of sp³-hybridized carbons (Fsp3) is 0.500. The highest BCUT2D eigenvalue weighted by molar-refractivity contribution is 5.95. The van der Waals surface area contributed by atoms with Crippen molar-refractivity contribution in [1.29, 1.82) is 0 Å². The van der Waals surface area contributed by atoms with Crippen molar-refractivity contribution < 1.29 is 19.1 Å². The largest absolute Gasteiger partial charge is 0.482 e. The molecule has 0 aliphatic heterocycles. The molecular weight excluding hydrogens is 322 g/mol. The summed E-state index contributed by atoms with van der Waals surface area (Å²) in [5.41, 5.74) is 0.475. The third-order valence-corrected chi connectivity index (χ3v) is 4.24.